The van der Waals surface area contributed by atoms with E-state index in [-0.39, 0.29) is 0 Å². The lowest BCUT2D eigenvalue weighted by Gasteiger charge is -2.08. The van der Waals surface area contributed by atoms with E-state index in [0.29, 0.717) is 16.8 Å². The fourth-order valence-corrected chi connectivity index (χ4v) is 7.56. The molecular weight excluding hydrogens is 627 g/mol. The Morgan fingerprint density at radius 2 is 0.941 bits per heavy atom. The molecule has 0 unspecified atom stereocenters. The van der Waals surface area contributed by atoms with E-state index < -0.39 is 0 Å². The molecule has 6 heterocycles. The molecule has 0 amide bonds. The maximum atomic E-state index is 13.2. The second-order valence-corrected chi connectivity index (χ2v) is 12.8. The first kappa shape index (κ1) is 28.9. The maximum absolute atomic E-state index is 13.2. The van der Waals surface area contributed by atoms with Crippen molar-refractivity contribution >= 4 is 62.3 Å². The molecule has 240 valence electrons. The number of carbonyl (C=O) groups is 1. The molecule has 0 fully saturated rings. The molecule has 0 atom stereocenters. The third kappa shape index (κ3) is 4.61. The SMILES string of the molecule is O=Cc1c2[nH]c3ccccc3c3c-2nc1c(-c1ccccc1)c1ccc([nH]1)c(-c1ccccc1)c1nc(c(-c2ccccc2)c2ccc3[nH]2)C=C1. The molecule has 0 spiro atoms. The molecule has 3 aliphatic rings. The predicted octanol–water partition coefficient (Wildman–Crippen LogP) is 11.2. The summed E-state index contributed by atoms with van der Waals surface area (Å²) in [7, 11) is 0. The zero-order valence-corrected chi connectivity index (χ0v) is 27.3. The molecule has 7 aromatic rings. The highest BCUT2D eigenvalue weighted by Gasteiger charge is 2.24. The van der Waals surface area contributed by atoms with E-state index in [1.54, 1.807) is 0 Å². The average molecular weight is 656 g/mol. The monoisotopic (exact) mass is 655 g/mol. The number of pyridine rings is 1. The van der Waals surface area contributed by atoms with Crippen LogP contribution in [0.1, 0.15) is 21.7 Å². The fraction of sp³-hybridized carbons (Fsp3) is 0. The van der Waals surface area contributed by atoms with Gasteiger partial charge in [0.05, 0.1) is 33.9 Å². The van der Waals surface area contributed by atoms with Crippen LogP contribution in [-0.2, 0) is 0 Å². The van der Waals surface area contributed by atoms with E-state index in [0.717, 1.165) is 95.1 Å². The highest BCUT2D eigenvalue weighted by molar-refractivity contribution is 6.17. The number of para-hydroxylation sites is 1. The normalized spacial score (nSPS) is 11.9. The van der Waals surface area contributed by atoms with Gasteiger partial charge in [-0.2, -0.15) is 0 Å². The number of H-pyrrole nitrogens is 3. The van der Waals surface area contributed by atoms with Gasteiger partial charge in [-0.25, -0.2) is 9.97 Å². The van der Waals surface area contributed by atoms with Gasteiger partial charge in [0.25, 0.3) is 0 Å². The standard InChI is InChI=1S/C45H29N5O/c51-26-31-43-41(29-16-8-3-9-17-29)37-24-22-35(47-37)39(27-12-4-1-5-13-27)33-20-21-34(46-33)40(28-14-6-2-7-15-28)36-23-25-38(48-36)42-30-18-10-11-19-32(30)49-44(31)45(42)50-43/h1-26,47-49H. The number of nitrogens with zero attached hydrogens (tertiary/aromatic N) is 2. The number of aldehydes is 1. The van der Waals surface area contributed by atoms with Crippen molar-refractivity contribution in [3.63, 3.8) is 0 Å². The van der Waals surface area contributed by atoms with Crippen LogP contribution >= 0.6 is 0 Å². The van der Waals surface area contributed by atoms with E-state index in [1.807, 2.05) is 60.7 Å². The number of aromatic nitrogens is 5. The average Bonchev–Trinajstić information content (AvgIpc) is 4.01. The predicted molar refractivity (Wildman–Crippen MR) is 209 cm³/mol. The summed E-state index contributed by atoms with van der Waals surface area (Å²) >= 11 is 0. The summed E-state index contributed by atoms with van der Waals surface area (Å²) in [5.41, 5.74) is 14.6. The Morgan fingerprint density at radius 3 is 1.53 bits per heavy atom. The van der Waals surface area contributed by atoms with Gasteiger partial charge < -0.3 is 15.0 Å². The first-order chi connectivity index (χ1) is 25.2. The van der Waals surface area contributed by atoms with Crippen molar-refractivity contribution in [3.05, 3.63) is 156 Å². The van der Waals surface area contributed by atoms with Crippen LogP contribution in [0.3, 0.4) is 0 Å². The van der Waals surface area contributed by atoms with Gasteiger partial charge in [0, 0.05) is 55.0 Å². The zero-order chi connectivity index (χ0) is 33.9. The van der Waals surface area contributed by atoms with Crippen molar-refractivity contribution in [2.45, 2.75) is 0 Å². The molecule has 0 radical (unpaired) electrons. The van der Waals surface area contributed by atoms with Crippen molar-refractivity contribution in [1.29, 1.82) is 0 Å². The number of carbonyl (C=O) groups excluding carboxylic acids is 1. The minimum absolute atomic E-state index is 0.508. The minimum Gasteiger partial charge on any atom is -0.354 e. The smallest absolute Gasteiger partial charge is 0.154 e. The molecule has 10 rings (SSSR count). The summed E-state index contributed by atoms with van der Waals surface area (Å²) in [4.78, 5) is 35.1. The van der Waals surface area contributed by atoms with Crippen LogP contribution in [0.4, 0.5) is 0 Å². The molecule has 3 aliphatic heterocycles. The van der Waals surface area contributed by atoms with Gasteiger partial charge >= 0.3 is 0 Å². The Hall–Kier alpha value is -7.05. The molecule has 51 heavy (non-hydrogen) atoms. The summed E-state index contributed by atoms with van der Waals surface area (Å²) in [6.45, 7) is 0. The molecule has 3 aromatic heterocycles. The van der Waals surface area contributed by atoms with Crippen molar-refractivity contribution in [3.8, 4) is 44.8 Å². The molecule has 4 aromatic carbocycles. The molecule has 0 aliphatic carbocycles. The summed E-state index contributed by atoms with van der Waals surface area (Å²) in [6.07, 6.45) is 5.14. The first-order valence-corrected chi connectivity index (χ1v) is 17.0. The maximum Gasteiger partial charge on any atom is 0.154 e. The van der Waals surface area contributed by atoms with Crippen LogP contribution in [0.15, 0.2) is 140 Å². The van der Waals surface area contributed by atoms with Gasteiger partial charge in [0.2, 0.25) is 0 Å². The Labute approximate surface area is 292 Å². The van der Waals surface area contributed by atoms with Crippen molar-refractivity contribution in [2.75, 3.05) is 0 Å². The van der Waals surface area contributed by atoms with Crippen LogP contribution in [0.5, 0.6) is 0 Å². The molecule has 0 saturated heterocycles. The number of fused-ring (bicyclic) bond motifs is 10. The Morgan fingerprint density at radius 1 is 0.451 bits per heavy atom. The Kier molecular flexibility index (Phi) is 6.54. The second-order valence-electron chi connectivity index (χ2n) is 12.8. The van der Waals surface area contributed by atoms with E-state index in [2.05, 4.69) is 106 Å². The van der Waals surface area contributed by atoms with E-state index in [9.17, 15) is 4.79 Å². The topological polar surface area (TPSA) is 90.2 Å². The fourth-order valence-electron chi connectivity index (χ4n) is 7.56. The number of aromatic amines is 3. The molecular formula is C45H29N5O. The van der Waals surface area contributed by atoms with Crippen molar-refractivity contribution < 1.29 is 4.79 Å². The Bertz CT molecular complexity index is 2920. The van der Waals surface area contributed by atoms with Gasteiger partial charge in [-0.1, -0.05) is 109 Å². The molecule has 6 heteroatoms. The lowest BCUT2D eigenvalue weighted by Crippen LogP contribution is -1.91. The third-order valence-corrected chi connectivity index (χ3v) is 9.82. The van der Waals surface area contributed by atoms with Gasteiger partial charge in [0.15, 0.2) is 6.29 Å². The second kappa shape index (κ2) is 11.5. The lowest BCUT2D eigenvalue weighted by atomic mass is 10.0. The zero-order valence-electron chi connectivity index (χ0n) is 27.3. The summed E-state index contributed by atoms with van der Waals surface area (Å²) in [6, 6.07) is 47.5. The van der Waals surface area contributed by atoms with Crippen LogP contribution in [0, 0.1) is 0 Å². The summed E-state index contributed by atoms with van der Waals surface area (Å²) in [5, 5.41) is 1.93. The number of nitrogens with one attached hydrogen (secondary N) is 3. The Balaban J connectivity index is 1.49. The van der Waals surface area contributed by atoms with Gasteiger partial charge in [-0.05, 0) is 59.2 Å². The first-order valence-electron chi connectivity index (χ1n) is 17.0. The minimum atomic E-state index is 0.508. The summed E-state index contributed by atoms with van der Waals surface area (Å²) < 4.78 is 0. The van der Waals surface area contributed by atoms with Crippen LogP contribution < -0.4 is 0 Å². The highest BCUT2D eigenvalue weighted by atomic mass is 16.1. The highest BCUT2D eigenvalue weighted by Crippen LogP contribution is 2.42. The van der Waals surface area contributed by atoms with Gasteiger partial charge in [-0.15, -0.1) is 0 Å². The number of benzene rings is 4. The lowest BCUT2D eigenvalue weighted by molar-refractivity contribution is 0.112. The number of hydrogen-bond acceptors (Lipinski definition) is 3. The number of hydrogen-bond donors (Lipinski definition) is 3. The van der Waals surface area contributed by atoms with Crippen molar-refractivity contribution in [1.82, 2.24) is 24.9 Å². The quantitative estimate of drug-likeness (QED) is 0.165. The van der Waals surface area contributed by atoms with Crippen LogP contribution in [0.2, 0.25) is 0 Å². The number of rotatable bonds is 4. The van der Waals surface area contributed by atoms with Gasteiger partial charge in [0.1, 0.15) is 0 Å². The molecule has 3 N–H and O–H groups in total. The third-order valence-electron chi connectivity index (χ3n) is 9.82. The molecule has 0 saturated carbocycles. The van der Waals surface area contributed by atoms with Crippen LogP contribution in [0.25, 0.3) is 101 Å². The van der Waals surface area contributed by atoms with E-state index >= 15 is 0 Å². The van der Waals surface area contributed by atoms with E-state index in [1.165, 1.54) is 0 Å². The summed E-state index contributed by atoms with van der Waals surface area (Å²) in [5.74, 6) is 0. The largest absolute Gasteiger partial charge is 0.354 e. The molecule has 6 nitrogen and oxygen atoms in total. The van der Waals surface area contributed by atoms with E-state index in [4.69, 9.17) is 9.97 Å². The van der Waals surface area contributed by atoms with Crippen molar-refractivity contribution in [2.24, 2.45) is 0 Å². The van der Waals surface area contributed by atoms with Crippen LogP contribution in [-0.4, -0.2) is 31.2 Å². The molecule has 8 bridgehead atoms. The van der Waals surface area contributed by atoms with Gasteiger partial charge in [-0.3, -0.25) is 4.79 Å².